The number of hydrogen-bond acceptors (Lipinski definition) is 6. The highest BCUT2D eigenvalue weighted by Gasteiger charge is 2.59. The van der Waals surface area contributed by atoms with Gasteiger partial charge in [0.15, 0.2) is 11.6 Å². The Bertz CT molecular complexity index is 903. The maximum Gasteiger partial charge on any atom is 0.214 e. The lowest BCUT2D eigenvalue weighted by atomic mass is 9.60. The van der Waals surface area contributed by atoms with E-state index in [1.165, 1.54) is 0 Å². The number of carbonyl (C=O) groups excluding carboxylic acids is 1. The molecule has 7 nitrogen and oxygen atoms in total. The first-order chi connectivity index (χ1) is 12.2. The van der Waals surface area contributed by atoms with Crippen LogP contribution in [0.15, 0.2) is 32.9 Å². The van der Waals surface area contributed by atoms with E-state index in [2.05, 4.69) is 29.4 Å². The van der Waals surface area contributed by atoms with Crippen LogP contribution in [0.5, 0.6) is 0 Å². The maximum atomic E-state index is 13.0. The molecule has 0 amide bonds. The topological polar surface area (TPSA) is 91.2 Å². The third kappa shape index (κ3) is 2.34. The van der Waals surface area contributed by atoms with Crippen LogP contribution >= 0.6 is 0 Å². The highest BCUT2D eigenvalue weighted by atomic mass is 32.2. The molecule has 2 aliphatic carbocycles. The van der Waals surface area contributed by atoms with Gasteiger partial charge in [-0.3, -0.25) is 4.79 Å². The van der Waals surface area contributed by atoms with Gasteiger partial charge in [0, 0.05) is 36.4 Å². The molecule has 2 fully saturated rings. The molecule has 140 valence electrons. The lowest BCUT2D eigenvalue weighted by Crippen LogP contribution is -2.64. The van der Waals surface area contributed by atoms with Crippen LogP contribution in [0.4, 0.5) is 0 Å². The smallest absolute Gasteiger partial charge is 0.214 e. The first-order valence-corrected chi connectivity index (χ1v) is 10.9. The van der Waals surface area contributed by atoms with Crippen molar-refractivity contribution in [2.45, 2.75) is 39.5 Å². The number of rotatable bonds is 3. The molecule has 3 aliphatic heterocycles. The van der Waals surface area contributed by atoms with Gasteiger partial charge < -0.3 is 5.32 Å². The number of ketones is 1. The van der Waals surface area contributed by atoms with E-state index in [1.54, 1.807) is 4.31 Å². The minimum atomic E-state index is -3.25. The molecule has 0 aromatic carbocycles. The number of allylic oxidation sites excluding steroid dienone is 1. The number of Topliss-reactive ketones (excluding diaryl/α,β-unsaturated/α-hetero) is 1. The summed E-state index contributed by atoms with van der Waals surface area (Å²) in [6, 6.07) is 0. The first-order valence-electron chi connectivity index (χ1n) is 9.33. The van der Waals surface area contributed by atoms with Crippen molar-refractivity contribution in [1.82, 2.24) is 9.62 Å². The second-order valence-corrected chi connectivity index (χ2v) is 11.2. The Kier molecular flexibility index (Phi) is 3.22. The summed E-state index contributed by atoms with van der Waals surface area (Å²) in [5, 5.41) is 11.7. The Morgan fingerprint density at radius 3 is 2.65 bits per heavy atom. The second-order valence-electron chi connectivity index (χ2n) is 9.22. The van der Waals surface area contributed by atoms with Gasteiger partial charge in [0.05, 0.1) is 17.7 Å². The van der Waals surface area contributed by atoms with Crippen LogP contribution in [0.3, 0.4) is 0 Å². The number of fused-ring (bicyclic) bond motifs is 2. The van der Waals surface area contributed by atoms with Crippen molar-refractivity contribution < 1.29 is 13.2 Å². The highest BCUT2D eigenvalue weighted by Crippen LogP contribution is 2.55. The van der Waals surface area contributed by atoms with E-state index in [0.717, 1.165) is 41.9 Å². The molecule has 0 atom stereocenters. The van der Waals surface area contributed by atoms with E-state index in [9.17, 15) is 13.2 Å². The zero-order valence-corrected chi connectivity index (χ0v) is 16.0. The van der Waals surface area contributed by atoms with Crippen molar-refractivity contribution in [1.29, 1.82) is 0 Å². The first kappa shape index (κ1) is 16.6. The summed E-state index contributed by atoms with van der Waals surface area (Å²) in [6.45, 7) is 5.36. The van der Waals surface area contributed by atoms with Crippen molar-refractivity contribution in [2.24, 2.45) is 27.0 Å². The third-order valence-electron chi connectivity index (χ3n) is 6.32. The molecule has 0 aromatic rings. The van der Waals surface area contributed by atoms with Gasteiger partial charge in [0.1, 0.15) is 0 Å². The van der Waals surface area contributed by atoms with Crippen molar-refractivity contribution in [3.63, 3.8) is 0 Å². The predicted octanol–water partition coefficient (Wildman–Crippen LogP) is 1.95. The Morgan fingerprint density at radius 1 is 1.23 bits per heavy atom. The van der Waals surface area contributed by atoms with E-state index < -0.39 is 15.4 Å². The van der Waals surface area contributed by atoms with Crippen molar-refractivity contribution >= 4 is 15.8 Å². The summed E-state index contributed by atoms with van der Waals surface area (Å²) in [4.78, 5) is 13.0. The SMILES string of the molecule is CC1(C)CC(=O)C2=C(C1)NC1=C(CN=N1)C21CN(S(=O)(=O)CC2CC2)C1. The summed E-state index contributed by atoms with van der Waals surface area (Å²) in [5.41, 5.74) is 2.08. The Labute approximate surface area is 153 Å². The predicted molar refractivity (Wildman–Crippen MR) is 95.4 cm³/mol. The molecule has 0 unspecified atom stereocenters. The fraction of sp³-hybridized carbons (Fsp3) is 0.722. The van der Waals surface area contributed by atoms with Crippen LogP contribution < -0.4 is 5.32 Å². The Hall–Kier alpha value is -1.54. The van der Waals surface area contributed by atoms with Crippen LogP contribution in [-0.2, 0) is 14.8 Å². The molecule has 0 aromatic heterocycles. The average Bonchev–Trinajstić information content (AvgIpc) is 3.14. The molecule has 1 saturated heterocycles. The molecule has 3 heterocycles. The Morgan fingerprint density at radius 2 is 1.96 bits per heavy atom. The average molecular weight is 376 g/mol. The van der Waals surface area contributed by atoms with E-state index in [0.29, 0.717) is 32.0 Å². The normalized spacial score (nSPS) is 29.5. The van der Waals surface area contributed by atoms with Crippen molar-refractivity contribution in [3.8, 4) is 0 Å². The maximum absolute atomic E-state index is 13.0. The number of azo groups is 1. The molecule has 8 heteroatoms. The minimum absolute atomic E-state index is 0.0978. The standard InChI is InChI=1S/C18H24N4O3S/c1-17(2)5-13-15(14(23)6-17)18(12-7-19-21-16(12)20-13)9-22(10-18)26(24,25)8-11-3-4-11/h11,20H,3-10H2,1-2H3. The molecule has 5 rings (SSSR count). The van der Waals surface area contributed by atoms with Crippen LogP contribution in [0.1, 0.15) is 39.5 Å². The van der Waals surface area contributed by atoms with Gasteiger partial charge >= 0.3 is 0 Å². The fourth-order valence-electron chi connectivity index (χ4n) is 4.86. The number of nitrogens with one attached hydrogen (secondary N) is 1. The molecular weight excluding hydrogens is 352 g/mol. The Balaban J connectivity index is 1.51. The number of dihydropyridines is 1. The quantitative estimate of drug-likeness (QED) is 0.815. The van der Waals surface area contributed by atoms with Gasteiger partial charge in [0.2, 0.25) is 10.0 Å². The molecule has 0 bridgehead atoms. The number of sulfonamides is 1. The largest absolute Gasteiger partial charge is 0.342 e. The van der Waals surface area contributed by atoms with Crippen LogP contribution in [0.25, 0.3) is 0 Å². The second kappa shape index (κ2) is 5.04. The number of hydrogen-bond donors (Lipinski definition) is 1. The van der Waals surface area contributed by atoms with Gasteiger partial charge in [-0.25, -0.2) is 8.42 Å². The molecule has 26 heavy (non-hydrogen) atoms. The third-order valence-corrected chi connectivity index (χ3v) is 8.25. The summed E-state index contributed by atoms with van der Waals surface area (Å²) in [6.07, 6.45) is 3.30. The zero-order chi connectivity index (χ0) is 18.3. The minimum Gasteiger partial charge on any atom is -0.342 e. The summed E-state index contributed by atoms with van der Waals surface area (Å²) >= 11 is 0. The summed E-state index contributed by atoms with van der Waals surface area (Å²) in [7, 11) is -3.25. The lowest BCUT2D eigenvalue weighted by Gasteiger charge is -2.54. The van der Waals surface area contributed by atoms with Crippen molar-refractivity contribution in [3.05, 3.63) is 22.7 Å². The molecule has 1 spiro atoms. The zero-order valence-electron chi connectivity index (χ0n) is 15.2. The molecule has 5 aliphatic rings. The van der Waals surface area contributed by atoms with Gasteiger partial charge in [-0.15, -0.1) is 5.11 Å². The van der Waals surface area contributed by atoms with Gasteiger partial charge in [0.25, 0.3) is 0 Å². The molecule has 0 radical (unpaired) electrons. The molecular formula is C18H24N4O3S. The fourth-order valence-corrected chi connectivity index (χ4v) is 6.83. The van der Waals surface area contributed by atoms with Crippen LogP contribution in [-0.4, -0.2) is 43.9 Å². The van der Waals surface area contributed by atoms with Gasteiger partial charge in [-0.1, -0.05) is 13.8 Å². The van der Waals surface area contributed by atoms with Crippen LogP contribution in [0.2, 0.25) is 0 Å². The van der Waals surface area contributed by atoms with Gasteiger partial charge in [-0.2, -0.15) is 9.42 Å². The monoisotopic (exact) mass is 376 g/mol. The van der Waals surface area contributed by atoms with Gasteiger partial charge in [-0.05, 0) is 30.6 Å². The number of nitrogens with zero attached hydrogens (tertiary/aromatic N) is 3. The molecule has 1 saturated carbocycles. The highest BCUT2D eigenvalue weighted by molar-refractivity contribution is 7.89. The van der Waals surface area contributed by atoms with Crippen molar-refractivity contribution in [2.75, 3.05) is 25.4 Å². The molecule has 1 N–H and O–H groups in total. The number of carbonyl (C=O) groups is 1. The van der Waals surface area contributed by atoms with E-state index in [1.807, 2.05) is 0 Å². The van der Waals surface area contributed by atoms with E-state index >= 15 is 0 Å². The lowest BCUT2D eigenvalue weighted by molar-refractivity contribution is -0.120. The van der Waals surface area contributed by atoms with Crippen LogP contribution in [0, 0.1) is 16.7 Å². The van der Waals surface area contributed by atoms with E-state index in [4.69, 9.17) is 0 Å². The van der Waals surface area contributed by atoms with E-state index in [-0.39, 0.29) is 17.0 Å². The summed E-state index contributed by atoms with van der Waals surface area (Å²) in [5.74, 6) is 1.44. The summed E-state index contributed by atoms with van der Waals surface area (Å²) < 4.78 is 26.9.